The molecule has 0 aliphatic rings. The van der Waals surface area contributed by atoms with Gasteiger partial charge in [0.25, 0.3) is 0 Å². The summed E-state index contributed by atoms with van der Waals surface area (Å²) in [6, 6.07) is 9.18. The maximum Gasteiger partial charge on any atom is 0.329 e. The Morgan fingerprint density at radius 1 is 1.40 bits per heavy atom. The fourth-order valence-corrected chi connectivity index (χ4v) is 1.04. The number of benzene rings is 1. The van der Waals surface area contributed by atoms with Gasteiger partial charge < -0.3 is 15.2 Å². The van der Waals surface area contributed by atoms with Gasteiger partial charge in [-0.1, -0.05) is 18.2 Å². The smallest absolute Gasteiger partial charge is 0.329 e. The fourth-order valence-electron chi connectivity index (χ4n) is 1.04. The molecule has 0 aliphatic heterocycles. The van der Waals surface area contributed by atoms with Crippen molar-refractivity contribution in [1.82, 2.24) is 0 Å². The lowest BCUT2D eigenvalue weighted by Crippen LogP contribution is -2.50. The highest BCUT2D eigenvalue weighted by atomic mass is 16.5. The average Bonchev–Trinajstić information content (AvgIpc) is 2.27. The van der Waals surface area contributed by atoms with E-state index in [2.05, 4.69) is 4.74 Å². The molecule has 4 nitrogen and oxygen atoms in total. The van der Waals surface area contributed by atoms with E-state index in [1.807, 2.05) is 18.2 Å². The summed E-state index contributed by atoms with van der Waals surface area (Å²) in [7, 11) is 1.30. The van der Waals surface area contributed by atoms with E-state index in [-0.39, 0.29) is 6.61 Å². The first-order valence-corrected chi connectivity index (χ1v) is 4.61. The zero-order valence-electron chi connectivity index (χ0n) is 8.90. The molecule has 0 bridgehead atoms. The number of rotatable bonds is 4. The lowest BCUT2D eigenvalue weighted by Gasteiger charge is -2.21. The summed E-state index contributed by atoms with van der Waals surface area (Å²) in [5, 5.41) is 0. The van der Waals surface area contributed by atoms with Crippen molar-refractivity contribution in [3.63, 3.8) is 0 Å². The van der Waals surface area contributed by atoms with Crippen LogP contribution in [0, 0.1) is 0 Å². The van der Waals surface area contributed by atoms with Crippen molar-refractivity contribution in [2.75, 3.05) is 13.7 Å². The van der Waals surface area contributed by atoms with Gasteiger partial charge in [-0.25, -0.2) is 4.79 Å². The maximum atomic E-state index is 11.2. The third-order valence-electron chi connectivity index (χ3n) is 1.93. The van der Waals surface area contributed by atoms with Crippen LogP contribution in [0.4, 0.5) is 0 Å². The summed E-state index contributed by atoms with van der Waals surface area (Å²) in [6.45, 7) is 1.66. The molecule has 1 atom stereocenters. The topological polar surface area (TPSA) is 61.5 Å². The Hall–Kier alpha value is -1.55. The van der Waals surface area contributed by atoms with Gasteiger partial charge in [0.2, 0.25) is 0 Å². The Labute approximate surface area is 89.0 Å². The molecule has 0 spiro atoms. The van der Waals surface area contributed by atoms with Crippen molar-refractivity contribution in [2.45, 2.75) is 12.5 Å². The second-order valence-electron chi connectivity index (χ2n) is 3.51. The SMILES string of the molecule is COC(=O)[C@@](C)(N)COc1ccccc1. The number of hydrogen-bond acceptors (Lipinski definition) is 4. The molecule has 0 fully saturated rings. The number of carbonyl (C=O) groups is 1. The highest BCUT2D eigenvalue weighted by Crippen LogP contribution is 2.11. The van der Waals surface area contributed by atoms with E-state index in [1.165, 1.54) is 7.11 Å². The van der Waals surface area contributed by atoms with Crippen LogP contribution >= 0.6 is 0 Å². The molecule has 1 rings (SSSR count). The highest BCUT2D eigenvalue weighted by molar-refractivity contribution is 5.80. The third kappa shape index (κ3) is 3.25. The minimum Gasteiger partial charge on any atom is -0.491 e. The average molecular weight is 209 g/mol. The van der Waals surface area contributed by atoms with Gasteiger partial charge in [0.1, 0.15) is 17.9 Å². The first kappa shape index (κ1) is 11.5. The maximum absolute atomic E-state index is 11.2. The molecule has 0 aromatic heterocycles. The number of hydrogen-bond donors (Lipinski definition) is 1. The molecular formula is C11H15NO3. The summed E-state index contributed by atoms with van der Waals surface area (Å²) >= 11 is 0. The molecule has 1 aromatic rings. The standard InChI is InChI=1S/C11H15NO3/c1-11(12,10(13)14-2)8-15-9-6-4-3-5-7-9/h3-7H,8,12H2,1-2H3/t11-/m0/s1. The van der Waals surface area contributed by atoms with E-state index in [0.717, 1.165) is 0 Å². The van der Waals surface area contributed by atoms with Gasteiger partial charge in [0, 0.05) is 0 Å². The van der Waals surface area contributed by atoms with E-state index in [0.29, 0.717) is 5.75 Å². The molecule has 15 heavy (non-hydrogen) atoms. The van der Waals surface area contributed by atoms with Gasteiger partial charge in [-0.2, -0.15) is 0 Å². The van der Waals surface area contributed by atoms with Gasteiger partial charge in [0.15, 0.2) is 0 Å². The van der Waals surface area contributed by atoms with E-state index < -0.39 is 11.5 Å². The Morgan fingerprint density at radius 2 is 2.00 bits per heavy atom. The number of para-hydroxylation sites is 1. The highest BCUT2D eigenvalue weighted by Gasteiger charge is 2.30. The Morgan fingerprint density at radius 3 is 2.53 bits per heavy atom. The third-order valence-corrected chi connectivity index (χ3v) is 1.93. The Bertz CT molecular complexity index is 322. The largest absolute Gasteiger partial charge is 0.491 e. The number of carbonyl (C=O) groups excluding carboxylic acids is 1. The lowest BCUT2D eigenvalue weighted by molar-refractivity contribution is -0.147. The minimum absolute atomic E-state index is 0.0870. The zero-order chi connectivity index (χ0) is 11.3. The van der Waals surface area contributed by atoms with Crippen molar-refractivity contribution in [2.24, 2.45) is 5.73 Å². The lowest BCUT2D eigenvalue weighted by atomic mass is 10.1. The zero-order valence-corrected chi connectivity index (χ0v) is 8.90. The Kier molecular flexibility index (Phi) is 3.68. The summed E-state index contributed by atoms with van der Waals surface area (Å²) in [5.74, 6) is 0.191. The molecule has 0 saturated heterocycles. The first-order chi connectivity index (χ1) is 7.06. The molecule has 82 valence electrons. The van der Waals surface area contributed by atoms with Crippen molar-refractivity contribution in [3.05, 3.63) is 30.3 Å². The van der Waals surface area contributed by atoms with Crippen LogP contribution < -0.4 is 10.5 Å². The first-order valence-electron chi connectivity index (χ1n) is 4.61. The predicted molar refractivity (Wildman–Crippen MR) is 56.5 cm³/mol. The molecule has 0 radical (unpaired) electrons. The normalized spacial score (nSPS) is 14.1. The summed E-state index contributed by atoms with van der Waals surface area (Å²) in [4.78, 5) is 11.2. The van der Waals surface area contributed by atoms with Crippen LogP contribution in [-0.2, 0) is 9.53 Å². The Balaban J connectivity index is 2.53. The molecule has 2 N–H and O–H groups in total. The molecule has 1 aromatic carbocycles. The second-order valence-corrected chi connectivity index (χ2v) is 3.51. The van der Waals surface area contributed by atoms with Crippen LogP contribution in [0.15, 0.2) is 30.3 Å². The van der Waals surface area contributed by atoms with Gasteiger partial charge >= 0.3 is 5.97 Å². The van der Waals surface area contributed by atoms with Crippen LogP contribution in [0.2, 0.25) is 0 Å². The molecule has 0 amide bonds. The predicted octanol–water partition coefficient (Wildman–Crippen LogP) is 0.956. The van der Waals surface area contributed by atoms with Crippen molar-refractivity contribution < 1.29 is 14.3 Å². The minimum atomic E-state index is -1.12. The van der Waals surface area contributed by atoms with Crippen molar-refractivity contribution >= 4 is 5.97 Å². The van der Waals surface area contributed by atoms with Gasteiger partial charge in [-0.3, -0.25) is 0 Å². The van der Waals surface area contributed by atoms with Gasteiger partial charge in [0.05, 0.1) is 7.11 Å². The number of ether oxygens (including phenoxy) is 2. The van der Waals surface area contributed by atoms with Crippen LogP contribution in [0.1, 0.15) is 6.92 Å². The van der Waals surface area contributed by atoms with Crippen LogP contribution in [0.3, 0.4) is 0 Å². The van der Waals surface area contributed by atoms with Crippen LogP contribution in [-0.4, -0.2) is 25.2 Å². The fraction of sp³-hybridized carbons (Fsp3) is 0.364. The van der Waals surface area contributed by atoms with Gasteiger partial charge in [-0.05, 0) is 19.1 Å². The monoisotopic (exact) mass is 209 g/mol. The van der Waals surface area contributed by atoms with Crippen LogP contribution in [0.5, 0.6) is 5.75 Å². The molecule has 0 unspecified atom stereocenters. The molecule has 4 heteroatoms. The molecule has 0 aliphatic carbocycles. The summed E-state index contributed by atoms with van der Waals surface area (Å²) < 4.78 is 9.93. The summed E-state index contributed by atoms with van der Waals surface area (Å²) in [5.41, 5.74) is 4.60. The molecule has 0 saturated carbocycles. The van der Waals surface area contributed by atoms with E-state index in [4.69, 9.17) is 10.5 Å². The van der Waals surface area contributed by atoms with E-state index in [1.54, 1.807) is 19.1 Å². The number of esters is 1. The van der Waals surface area contributed by atoms with E-state index in [9.17, 15) is 4.79 Å². The molecule has 0 heterocycles. The number of nitrogens with two attached hydrogens (primary N) is 1. The van der Waals surface area contributed by atoms with Crippen molar-refractivity contribution in [1.29, 1.82) is 0 Å². The molecular weight excluding hydrogens is 194 g/mol. The van der Waals surface area contributed by atoms with Gasteiger partial charge in [-0.15, -0.1) is 0 Å². The number of methoxy groups -OCH3 is 1. The second kappa shape index (κ2) is 4.79. The van der Waals surface area contributed by atoms with Crippen molar-refractivity contribution in [3.8, 4) is 5.75 Å². The van der Waals surface area contributed by atoms with E-state index >= 15 is 0 Å². The summed E-state index contributed by atoms with van der Waals surface area (Å²) in [6.07, 6.45) is 0. The quantitative estimate of drug-likeness (QED) is 0.750. The van der Waals surface area contributed by atoms with Crippen LogP contribution in [0.25, 0.3) is 0 Å².